The molecule has 3 aromatic rings. The van der Waals surface area contributed by atoms with Gasteiger partial charge in [-0.3, -0.25) is 4.79 Å². The number of thiocarbonyl (C=S) groups is 1. The molecule has 1 unspecified atom stereocenters. The molecule has 0 spiro atoms. The number of nitrogens with one attached hydrogen (secondary N) is 4. The number of alkyl halides is 3. The summed E-state index contributed by atoms with van der Waals surface area (Å²) in [5, 5.41) is 12.6. The highest BCUT2D eigenvalue weighted by Gasteiger charge is 2.30. The van der Waals surface area contributed by atoms with Gasteiger partial charge in [-0.15, -0.1) is 0 Å². The molecule has 4 rings (SSSR count). The first kappa shape index (κ1) is 31.6. The first-order valence-corrected chi connectivity index (χ1v) is 15.2. The molecule has 3 aromatic carbocycles. The molecular weight excluding hydrogens is 580 g/mol. The van der Waals surface area contributed by atoms with Crippen molar-refractivity contribution in [1.29, 1.82) is 0 Å². The lowest BCUT2D eigenvalue weighted by Gasteiger charge is -2.28. The number of thioether (sulfide) groups is 1. The molecule has 11 heteroatoms. The molecule has 1 aliphatic heterocycles. The van der Waals surface area contributed by atoms with E-state index < -0.39 is 11.7 Å². The van der Waals surface area contributed by atoms with Crippen LogP contribution in [0.1, 0.15) is 22.7 Å². The molecule has 222 valence electrons. The fraction of sp³-hybridized carbons (Fsp3) is 0.290. The van der Waals surface area contributed by atoms with Crippen LogP contribution in [-0.4, -0.2) is 60.5 Å². The van der Waals surface area contributed by atoms with Gasteiger partial charge in [0, 0.05) is 56.5 Å². The molecule has 1 heterocycles. The average molecular weight is 614 g/mol. The number of amides is 1. The molecule has 0 radical (unpaired) electrons. The van der Waals surface area contributed by atoms with Crippen LogP contribution in [0.2, 0.25) is 0 Å². The van der Waals surface area contributed by atoms with Crippen molar-refractivity contribution in [3.63, 3.8) is 0 Å². The molecule has 1 amide bonds. The van der Waals surface area contributed by atoms with Gasteiger partial charge in [0.1, 0.15) is 4.99 Å². The number of para-hydroxylation sites is 2. The van der Waals surface area contributed by atoms with Crippen LogP contribution in [0.4, 0.5) is 30.2 Å². The largest absolute Gasteiger partial charge is 0.416 e. The summed E-state index contributed by atoms with van der Waals surface area (Å²) in [7, 11) is 1.79. The minimum atomic E-state index is -4.40. The topological polar surface area (TPSA) is 68.4 Å². The van der Waals surface area contributed by atoms with Gasteiger partial charge < -0.3 is 26.2 Å². The smallest absolute Gasteiger partial charge is 0.386 e. The van der Waals surface area contributed by atoms with Crippen molar-refractivity contribution in [1.82, 2.24) is 10.2 Å². The quantitative estimate of drug-likeness (QED) is 0.145. The van der Waals surface area contributed by atoms with E-state index in [2.05, 4.69) is 26.2 Å². The zero-order valence-corrected chi connectivity index (χ0v) is 24.8. The van der Waals surface area contributed by atoms with Gasteiger partial charge in [-0.25, -0.2) is 0 Å². The SMILES string of the molecule is CNc1ccccc1NC(=O)/C=C/c1ccc(C(NCCN2CCSCC2)C(=S)Nc2ccc(C(F)(F)F)cc2)cc1. The number of carbonyl (C=O) groups excluding carboxylic acids is 1. The maximum Gasteiger partial charge on any atom is 0.416 e. The number of anilines is 3. The number of nitrogens with zero attached hydrogens (tertiary/aromatic N) is 1. The Balaban J connectivity index is 1.43. The van der Waals surface area contributed by atoms with Crippen molar-refractivity contribution in [2.24, 2.45) is 0 Å². The van der Waals surface area contributed by atoms with Crippen LogP contribution in [-0.2, 0) is 11.0 Å². The Labute approximate surface area is 254 Å². The molecule has 0 bridgehead atoms. The fourth-order valence-corrected chi connectivity index (χ4v) is 5.78. The Bertz CT molecular complexity index is 1360. The van der Waals surface area contributed by atoms with Crippen LogP contribution < -0.4 is 21.3 Å². The highest BCUT2D eigenvalue weighted by Crippen LogP contribution is 2.30. The summed E-state index contributed by atoms with van der Waals surface area (Å²) < 4.78 is 39.0. The molecule has 6 nitrogen and oxygen atoms in total. The number of halogens is 3. The van der Waals surface area contributed by atoms with Gasteiger partial charge in [0.25, 0.3) is 0 Å². The van der Waals surface area contributed by atoms with E-state index >= 15 is 0 Å². The molecule has 1 saturated heterocycles. The molecule has 0 aromatic heterocycles. The third kappa shape index (κ3) is 9.32. The van der Waals surface area contributed by atoms with Crippen LogP contribution in [0.25, 0.3) is 6.08 Å². The van der Waals surface area contributed by atoms with E-state index in [1.54, 1.807) is 13.1 Å². The normalized spacial score (nSPS) is 14.9. The van der Waals surface area contributed by atoms with Crippen LogP contribution in [0.5, 0.6) is 0 Å². The van der Waals surface area contributed by atoms with Crippen molar-refractivity contribution in [2.45, 2.75) is 12.2 Å². The van der Waals surface area contributed by atoms with Crippen LogP contribution >= 0.6 is 24.0 Å². The Hall–Kier alpha value is -3.38. The summed E-state index contributed by atoms with van der Waals surface area (Å²) in [5.74, 6) is 1.98. The van der Waals surface area contributed by atoms with Gasteiger partial charge in [0.2, 0.25) is 5.91 Å². The maximum absolute atomic E-state index is 13.0. The predicted octanol–water partition coefficient (Wildman–Crippen LogP) is 6.52. The Morgan fingerprint density at radius 3 is 2.29 bits per heavy atom. The first-order valence-electron chi connectivity index (χ1n) is 13.6. The summed E-state index contributed by atoms with van der Waals surface area (Å²) >= 11 is 7.69. The van der Waals surface area contributed by atoms with Gasteiger partial charge in [-0.1, -0.05) is 48.6 Å². The third-order valence-corrected chi connectivity index (χ3v) is 8.05. The number of hydrogen-bond acceptors (Lipinski definition) is 6. The van der Waals surface area contributed by atoms with Crippen molar-refractivity contribution in [3.05, 3.63) is 95.6 Å². The zero-order valence-electron chi connectivity index (χ0n) is 23.2. The molecule has 0 saturated carbocycles. The zero-order chi connectivity index (χ0) is 30.0. The first-order chi connectivity index (χ1) is 20.2. The molecule has 0 aliphatic carbocycles. The Morgan fingerprint density at radius 2 is 1.64 bits per heavy atom. The van der Waals surface area contributed by atoms with E-state index in [0.717, 1.165) is 60.1 Å². The number of hydrogen-bond donors (Lipinski definition) is 4. The Kier molecular flexibility index (Phi) is 11.4. The van der Waals surface area contributed by atoms with E-state index in [4.69, 9.17) is 12.2 Å². The number of rotatable bonds is 11. The van der Waals surface area contributed by atoms with Crippen LogP contribution in [0.15, 0.2) is 78.9 Å². The van der Waals surface area contributed by atoms with E-state index in [1.807, 2.05) is 60.3 Å². The van der Waals surface area contributed by atoms with E-state index in [1.165, 1.54) is 18.2 Å². The fourth-order valence-electron chi connectivity index (χ4n) is 4.47. The second kappa shape index (κ2) is 15.2. The monoisotopic (exact) mass is 613 g/mol. The molecule has 42 heavy (non-hydrogen) atoms. The van der Waals surface area contributed by atoms with Crippen LogP contribution in [0.3, 0.4) is 0 Å². The summed E-state index contributed by atoms with van der Waals surface area (Å²) in [6, 6.07) is 19.6. The maximum atomic E-state index is 13.0. The highest BCUT2D eigenvalue weighted by atomic mass is 32.2. The van der Waals surface area contributed by atoms with Crippen LogP contribution in [0, 0.1) is 0 Å². The summed E-state index contributed by atoms with van der Waals surface area (Å²) in [5.41, 5.74) is 3.02. The average Bonchev–Trinajstić information content (AvgIpc) is 2.99. The predicted molar refractivity (Wildman–Crippen MR) is 172 cm³/mol. The second-order valence-corrected chi connectivity index (χ2v) is 11.4. The minimum Gasteiger partial charge on any atom is -0.386 e. The third-order valence-electron chi connectivity index (χ3n) is 6.77. The highest BCUT2D eigenvalue weighted by molar-refractivity contribution is 7.99. The lowest BCUT2D eigenvalue weighted by Crippen LogP contribution is -2.40. The van der Waals surface area contributed by atoms with E-state index in [0.29, 0.717) is 22.9 Å². The summed E-state index contributed by atoms with van der Waals surface area (Å²) in [6.07, 6.45) is -1.19. The standard InChI is InChI=1S/C31H34F3N5OS2/c1-35-26-4-2-3-5-27(26)38-28(40)15-8-22-6-9-23(10-7-22)29(36-16-17-39-18-20-42-21-19-39)30(41)37-25-13-11-24(12-14-25)31(32,33)34/h2-15,29,35-36H,16-21H2,1H3,(H,37,41)(H,38,40)/b15-8+. The van der Waals surface area contributed by atoms with Gasteiger partial charge in [-0.05, 0) is 53.6 Å². The molecule has 1 fully saturated rings. The van der Waals surface area contributed by atoms with E-state index in [-0.39, 0.29) is 11.9 Å². The molecule has 1 atom stereocenters. The second-order valence-electron chi connectivity index (χ2n) is 9.69. The lowest BCUT2D eigenvalue weighted by atomic mass is 10.0. The van der Waals surface area contributed by atoms with Gasteiger partial charge in [-0.2, -0.15) is 24.9 Å². The van der Waals surface area contributed by atoms with Gasteiger partial charge >= 0.3 is 6.18 Å². The van der Waals surface area contributed by atoms with Crippen molar-refractivity contribution >= 4 is 58.0 Å². The number of benzene rings is 3. The van der Waals surface area contributed by atoms with Crippen molar-refractivity contribution < 1.29 is 18.0 Å². The minimum absolute atomic E-state index is 0.251. The summed E-state index contributed by atoms with van der Waals surface area (Å²) in [6.45, 7) is 3.65. The summed E-state index contributed by atoms with van der Waals surface area (Å²) in [4.78, 5) is 15.3. The molecule has 4 N–H and O–H groups in total. The van der Waals surface area contributed by atoms with Crippen molar-refractivity contribution in [2.75, 3.05) is 60.7 Å². The van der Waals surface area contributed by atoms with Gasteiger partial charge in [0.15, 0.2) is 0 Å². The van der Waals surface area contributed by atoms with Gasteiger partial charge in [0.05, 0.1) is 23.0 Å². The van der Waals surface area contributed by atoms with Crippen molar-refractivity contribution in [3.8, 4) is 0 Å². The molecule has 1 aliphatic rings. The lowest BCUT2D eigenvalue weighted by molar-refractivity contribution is -0.137. The Morgan fingerprint density at radius 1 is 0.976 bits per heavy atom. The molecular formula is C31H34F3N5OS2. The van der Waals surface area contributed by atoms with E-state index in [9.17, 15) is 18.0 Å². The number of carbonyl (C=O) groups is 1.